The molecule has 5 heteroatoms. The third kappa shape index (κ3) is 2.71. The minimum absolute atomic E-state index is 0.0293. The highest BCUT2D eigenvalue weighted by Gasteiger charge is 2.46. The smallest absolute Gasteiger partial charge is 0.292 e. The number of hydrogen-bond donors (Lipinski definition) is 2. The van der Waals surface area contributed by atoms with Gasteiger partial charge in [-0.05, 0) is 19.1 Å². The maximum Gasteiger partial charge on any atom is 0.292 e. The van der Waals surface area contributed by atoms with Gasteiger partial charge in [-0.3, -0.25) is 9.59 Å². The van der Waals surface area contributed by atoms with Crippen molar-refractivity contribution < 1.29 is 19.4 Å². The highest BCUT2D eigenvalue weighted by atomic mass is 16.2. The number of piperazine rings is 1. The average Bonchev–Trinajstić information content (AvgIpc) is 2.76. The maximum atomic E-state index is 12.7. The van der Waals surface area contributed by atoms with Crippen molar-refractivity contribution in [3.63, 3.8) is 0 Å². The number of benzene rings is 1. The number of anilines is 1. The van der Waals surface area contributed by atoms with E-state index in [1.165, 1.54) is 14.7 Å². The van der Waals surface area contributed by atoms with Crippen molar-refractivity contribution in [2.24, 2.45) is 0 Å². The maximum absolute atomic E-state index is 12.7. The molecule has 0 radical (unpaired) electrons. The molecule has 2 heterocycles. The average molecular weight is 289 g/mol. The van der Waals surface area contributed by atoms with E-state index in [2.05, 4.69) is 7.05 Å². The first-order chi connectivity index (χ1) is 10.1. The topological polar surface area (TPSA) is 46.3 Å². The van der Waals surface area contributed by atoms with E-state index in [0.717, 1.165) is 31.7 Å². The van der Waals surface area contributed by atoms with E-state index >= 15 is 0 Å². The van der Waals surface area contributed by atoms with Crippen LogP contribution >= 0.6 is 0 Å². The normalized spacial score (nSPS) is 30.0. The van der Waals surface area contributed by atoms with Gasteiger partial charge >= 0.3 is 0 Å². The van der Waals surface area contributed by atoms with E-state index in [9.17, 15) is 9.59 Å². The summed E-state index contributed by atoms with van der Waals surface area (Å²) in [5.41, 5.74) is 1.83. The number of hydrogen-bond acceptors (Lipinski definition) is 2. The first-order valence-electron chi connectivity index (χ1n) is 7.65. The van der Waals surface area contributed by atoms with Gasteiger partial charge in [0.1, 0.15) is 26.2 Å². The van der Waals surface area contributed by atoms with Crippen LogP contribution < -0.4 is 14.7 Å². The number of aryl methyl sites for hydroxylation is 1. The number of quaternary nitrogens is 2. The predicted molar refractivity (Wildman–Crippen MR) is 79.4 cm³/mol. The van der Waals surface area contributed by atoms with Crippen LogP contribution in [0.25, 0.3) is 0 Å². The fraction of sp³-hybridized carbons (Fsp3) is 0.500. The molecule has 2 aliphatic heterocycles. The molecule has 2 amide bonds. The van der Waals surface area contributed by atoms with Gasteiger partial charge in [0.15, 0.2) is 6.04 Å². The van der Waals surface area contributed by atoms with Crippen molar-refractivity contribution in [3.8, 4) is 0 Å². The van der Waals surface area contributed by atoms with Gasteiger partial charge in [-0.25, -0.2) is 4.90 Å². The molecule has 0 aromatic heterocycles. The summed E-state index contributed by atoms with van der Waals surface area (Å²) < 4.78 is 0. The van der Waals surface area contributed by atoms with E-state index in [1.54, 1.807) is 0 Å². The van der Waals surface area contributed by atoms with Crippen LogP contribution in [0.3, 0.4) is 0 Å². The molecule has 112 valence electrons. The van der Waals surface area contributed by atoms with E-state index in [4.69, 9.17) is 0 Å². The first kappa shape index (κ1) is 14.2. The van der Waals surface area contributed by atoms with Crippen LogP contribution in [0, 0.1) is 6.92 Å². The molecule has 0 spiro atoms. The molecule has 2 saturated heterocycles. The number of carbonyl (C=O) groups is 2. The van der Waals surface area contributed by atoms with Gasteiger partial charge < -0.3 is 9.80 Å². The molecule has 2 fully saturated rings. The molecule has 0 aliphatic carbocycles. The molecular weight excluding hydrogens is 266 g/mol. The molecule has 1 atom stereocenters. The van der Waals surface area contributed by atoms with Crippen LogP contribution in [0.2, 0.25) is 0 Å². The summed E-state index contributed by atoms with van der Waals surface area (Å²) in [6, 6.07) is 7.41. The standard InChI is InChI=1S/C16H21N3O2/c1-12-3-5-13(6-4-12)19-15(20)11-14(16(19)21)18-9-7-17(2)8-10-18/h3-6,14H,7-11H2,1-2H3/p+2/t14-/m0/s1. The SMILES string of the molecule is Cc1ccc(N2C(=O)C[C@H]([NH+]3CC[NH+](C)CC3)C2=O)cc1. The fourth-order valence-electron chi connectivity index (χ4n) is 3.26. The molecule has 21 heavy (non-hydrogen) atoms. The van der Waals surface area contributed by atoms with Crippen LogP contribution in [0.15, 0.2) is 24.3 Å². The Kier molecular flexibility index (Phi) is 3.78. The Balaban J connectivity index is 1.77. The van der Waals surface area contributed by atoms with Gasteiger partial charge in [0.05, 0.1) is 19.2 Å². The number of rotatable bonds is 2. The Hall–Kier alpha value is -1.72. The lowest BCUT2D eigenvalue weighted by Crippen LogP contribution is -3.29. The van der Waals surface area contributed by atoms with Crippen LogP contribution in [0.4, 0.5) is 5.69 Å². The summed E-state index contributed by atoms with van der Waals surface area (Å²) in [6.45, 7) is 6.07. The lowest BCUT2D eigenvalue weighted by molar-refractivity contribution is -1.01. The minimum Gasteiger partial charge on any atom is -0.328 e. The Morgan fingerprint density at radius 1 is 1.05 bits per heavy atom. The molecule has 2 N–H and O–H groups in total. The summed E-state index contributed by atoms with van der Waals surface area (Å²) in [4.78, 5) is 29.1. The fourth-order valence-corrected chi connectivity index (χ4v) is 3.26. The number of amides is 2. The van der Waals surface area contributed by atoms with E-state index in [-0.39, 0.29) is 17.9 Å². The van der Waals surface area contributed by atoms with Crippen molar-refractivity contribution in [2.45, 2.75) is 19.4 Å². The van der Waals surface area contributed by atoms with Gasteiger partial charge in [0.25, 0.3) is 5.91 Å². The second kappa shape index (κ2) is 5.58. The lowest BCUT2D eigenvalue weighted by Gasteiger charge is -2.30. The number of imide groups is 1. The summed E-state index contributed by atoms with van der Waals surface area (Å²) in [6.07, 6.45) is 0.348. The van der Waals surface area contributed by atoms with Gasteiger partial charge in [-0.1, -0.05) is 17.7 Å². The van der Waals surface area contributed by atoms with Gasteiger partial charge in [0, 0.05) is 0 Å². The van der Waals surface area contributed by atoms with Crippen molar-refractivity contribution in [2.75, 3.05) is 38.1 Å². The molecule has 0 unspecified atom stereocenters. The van der Waals surface area contributed by atoms with Crippen LogP contribution in [-0.4, -0.2) is 51.1 Å². The molecule has 0 bridgehead atoms. The van der Waals surface area contributed by atoms with Gasteiger partial charge in [-0.2, -0.15) is 0 Å². The number of carbonyl (C=O) groups excluding carboxylic acids is 2. The predicted octanol–water partition coefficient (Wildman–Crippen LogP) is -1.96. The molecule has 1 aromatic carbocycles. The van der Waals surface area contributed by atoms with Gasteiger partial charge in [-0.15, -0.1) is 0 Å². The summed E-state index contributed by atoms with van der Waals surface area (Å²) in [7, 11) is 2.18. The Morgan fingerprint density at radius 2 is 1.67 bits per heavy atom. The molecule has 1 aromatic rings. The summed E-state index contributed by atoms with van der Waals surface area (Å²) >= 11 is 0. The zero-order valence-electron chi connectivity index (χ0n) is 12.7. The monoisotopic (exact) mass is 289 g/mol. The number of nitrogens with one attached hydrogen (secondary N) is 2. The van der Waals surface area contributed by atoms with Gasteiger partial charge in [0.2, 0.25) is 5.91 Å². The third-order valence-corrected chi connectivity index (χ3v) is 4.68. The molecule has 3 rings (SSSR count). The summed E-state index contributed by atoms with van der Waals surface area (Å²) in [5, 5.41) is 0. The largest absolute Gasteiger partial charge is 0.328 e. The summed E-state index contributed by atoms with van der Waals surface area (Å²) in [5.74, 6) is -0.0916. The minimum atomic E-state index is -0.188. The second-order valence-electron chi connectivity index (χ2n) is 6.28. The molecular formula is C16H23N3O2+2. The Bertz CT molecular complexity index is 547. The van der Waals surface area contributed by atoms with Crippen LogP contribution in [0.1, 0.15) is 12.0 Å². The van der Waals surface area contributed by atoms with Crippen molar-refractivity contribution in [3.05, 3.63) is 29.8 Å². The Labute approximate surface area is 125 Å². The zero-order chi connectivity index (χ0) is 15.0. The molecule has 5 nitrogen and oxygen atoms in total. The van der Waals surface area contributed by atoms with E-state index in [0.29, 0.717) is 12.1 Å². The molecule has 2 aliphatic rings. The second-order valence-corrected chi connectivity index (χ2v) is 6.28. The molecule has 0 saturated carbocycles. The third-order valence-electron chi connectivity index (χ3n) is 4.68. The van der Waals surface area contributed by atoms with Crippen LogP contribution in [0.5, 0.6) is 0 Å². The van der Waals surface area contributed by atoms with Crippen molar-refractivity contribution in [1.29, 1.82) is 0 Å². The Morgan fingerprint density at radius 3 is 2.29 bits per heavy atom. The lowest BCUT2D eigenvalue weighted by atomic mass is 10.2. The highest BCUT2D eigenvalue weighted by molar-refractivity contribution is 6.21. The quantitative estimate of drug-likeness (QED) is 0.621. The first-order valence-corrected chi connectivity index (χ1v) is 7.65. The van der Waals surface area contributed by atoms with Crippen molar-refractivity contribution in [1.82, 2.24) is 0 Å². The zero-order valence-corrected chi connectivity index (χ0v) is 12.7. The highest BCUT2D eigenvalue weighted by Crippen LogP contribution is 2.22. The van der Waals surface area contributed by atoms with E-state index < -0.39 is 0 Å². The number of nitrogens with zero attached hydrogens (tertiary/aromatic N) is 1. The number of likely N-dealkylation sites (N-methyl/N-ethyl adjacent to an activating group) is 1. The van der Waals surface area contributed by atoms with Crippen molar-refractivity contribution >= 4 is 17.5 Å². The van der Waals surface area contributed by atoms with E-state index in [1.807, 2.05) is 31.2 Å². The van der Waals surface area contributed by atoms with Crippen LogP contribution in [-0.2, 0) is 9.59 Å².